The fourth-order valence-corrected chi connectivity index (χ4v) is 9.50. The molecular formula is C42H46N4O7. The summed E-state index contributed by atoms with van der Waals surface area (Å²) < 4.78 is 13.4. The van der Waals surface area contributed by atoms with E-state index in [0.29, 0.717) is 28.9 Å². The maximum absolute atomic E-state index is 14.1. The molecule has 11 nitrogen and oxygen atoms in total. The van der Waals surface area contributed by atoms with Crippen LogP contribution in [0.5, 0.6) is 0 Å². The van der Waals surface area contributed by atoms with Crippen molar-refractivity contribution >= 4 is 23.5 Å². The number of para-hydroxylation sites is 1. The number of aliphatic hydroxyl groups is 1. The van der Waals surface area contributed by atoms with Crippen LogP contribution in [0.15, 0.2) is 59.4 Å². The zero-order valence-corrected chi connectivity index (χ0v) is 30.5. The molecule has 1 saturated carbocycles. The summed E-state index contributed by atoms with van der Waals surface area (Å²) in [5.41, 5.74) is 2.52. The van der Waals surface area contributed by atoms with Gasteiger partial charge in [0, 0.05) is 53.9 Å². The highest BCUT2D eigenvalue weighted by Crippen LogP contribution is 2.48. The smallest absolute Gasteiger partial charge is 0.355 e. The van der Waals surface area contributed by atoms with Crippen molar-refractivity contribution in [3.05, 3.63) is 98.5 Å². The Morgan fingerprint density at radius 2 is 1.81 bits per heavy atom. The molecule has 5 aliphatic rings. The molecule has 4 aliphatic heterocycles. The number of hydrogen-bond donors (Lipinski definition) is 2. The van der Waals surface area contributed by atoms with E-state index >= 15 is 0 Å². The van der Waals surface area contributed by atoms with Gasteiger partial charge in [-0.25, -0.2) is 4.79 Å². The summed E-state index contributed by atoms with van der Waals surface area (Å²) in [5, 5.41) is 14.8. The van der Waals surface area contributed by atoms with Crippen molar-refractivity contribution in [2.45, 2.75) is 88.9 Å². The van der Waals surface area contributed by atoms with Crippen molar-refractivity contribution in [3.8, 4) is 11.8 Å². The van der Waals surface area contributed by atoms with Crippen LogP contribution in [0.4, 0.5) is 5.69 Å². The molecule has 5 heterocycles. The van der Waals surface area contributed by atoms with Gasteiger partial charge in [-0.05, 0) is 81.4 Å². The van der Waals surface area contributed by atoms with Gasteiger partial charge in [-0.1, -0.05) is 49.1 Å². The van der Waals surface area contributed by atoms with E-state index in [1.165, 1.54) is 0 Å². The number of cyclic esters (lactones) is 1. The Hall–Kier alpha value is -4.76. The van der Waals surface area contributed by atoms with Crippen LogP contribution in [-0.4, -0.2) is 65.2 Å². The number of amides is 1. The number of aromatic nitrogens is 1. The summed E-state index contributed by atoms with van der Waals surface area (Å²) >= 11 is 0. The van der Waals surface area contributed by atoms with Gasteiger partial charge < -0.3 is 34.3 Å². The first-order valence-electron chi connectivity index (χ1n) is 18.8. The van der Waals surface area contributed by atoms with Crippen molar-refractivity contribution in [1.82, 2.24) is 14.8 Å². The molecule has 1 aromatic heterocycles. The van der Waals surface area contributed by atoms with Crippen LogP contribution in [0.1, 0.15) is 85.0 Å². The molecule has 276 valence electrons. The van der Waals surface area contributed by atoms with Gasteiger partial charge in [-0.2, -0.15) is 0 Å². The number of benzene rings is 2. The normalized spacial score (nSPS) is 28.0. The van der Waals surface area contributed by atoms with Gasteiger partial charge in [-0.3, -0.25) is 14.4 Å². The molecule has 1 saturated heterocycles. The fourth-order valence-electron chi connectivity index (χ4n) is 9.50. The maximum atomic E-state index is 14.1. The predicted molar refractivity (Wildman–Crippen MR) is 196 cm³/mol. The van der Waals surface area contributed by atoms with E-state index in [-0.39, 0.29) is 79.8 Å². The first kappa shape index (κ1) is 35.3. The van der Waals surface area contributed by atoms with E-state index in [2.05, 4.69) is 22.1 Å². The van der Waals surface area contributed by atoms with Gasteiger partial charge in [0.05, 0.1) is 36.4 Å². The Morgan fingerprint density at radius 1 is 1.06 bits per heavy atom. The SMILES string of the molecule is CC[C@@]1(OC(=O)CCC(=O)N2Cc3ccccc3C#Cc3ccccc32)C(=O)OCc2c1cc1n(c2=O)CC2CC3C(CCC(O)C3CN(C)C)NC12. The van der Waals surface area contributed by atoms with Crippen LogP contribution < -0.4 is 15.8 Å². The Bertz CT molecular complexity index is 2100. The predicted octanol–water partition coefficient (Wildman–Crippen LogP) is 3.76. The molecule has 1 amide bonds. The van der Waals surface area contributed by atoms with Crippen LogP contribution >= 0.6 is 0 Å². The number of pyridine rings is 1. The molecule has 8 rings (SSSR count). The topological polar surface area (TPSA) is 130 Å². The Balaban J connectivity index is 1.03. The minimum Gasteiger partial charge on any atom is -0.457 e. The highest BCUT2D eigenvalue weighted by Gasteiger charge is 2.53. The second kappa shape index (κ2) is 13.9. The molecule has 0 radical (unpaired) electrons. The minimum atomic E-state index is -1.81. The molecule has 6 unspecified atom stereocenters. The Labute approximate surface area is 309 Å². The number of hydrogen-bond acceptors (Lipinski definition) is 9. The van der Waals surface area contributed by atoms with Crippen LogP contribution in [0.3, 0.4) is 0 Å². The average Bonchev–Trinajstić information content (AvgIpc) is 3.51. The molecule has 7 atom stereocenters. The number of nitrogens with zero attached hydrogens (tertiary/aromatic N) is 3. The summed E-state index contributed by atoms with van der Waals surface area (Å²) in [5.74, 6) is 5.22. The van der Waals surface area contributed by atoms with Gasteiger partial charge in [0.25, 0.3) is 5.56 Å². The standard InChI is InChI=1S/C42H46N4O7/c1-4-42(53-38(49)18-17-37(48)45-21-27-11-6-5-9-25(27)13-14-26-10-7-8-12-34(26)45)32-20-35-39-28(22-46(35)40(50)31(32)24-52-41(42)51)19-29-30(23-44(2)3)36(47)16-15-33(29)43-39/h5-12,20,28-30,33,36,39,43,47H,4,15-19,21-24H2,1-3H3/t28?,29?,30?,33?,36?,39?,42-/m0/s1. The molecular weight excluding hydrogens is 672 g/mol. The summed E-state index contributed by atoms with van der Waals surface area (Å²) in [6.07, 6.45) is 1.72. The third kappa shape index (κ3) is 6.16. The van der Waals surface area contributed by atoms with Gasteiger partial charge in [0.2, 0.25) is 11.5 Å². The number of nitrogens with one attached hydrogen (secondary N) is 1. The van der Waals surface area contributed by atoms with E-state index < -0.39 is 17.5 Å². The molecule has 2 N–H and O–H groups in total. The largest absolute Gasteiger partial charge is 0.457 e. The Kier molecular flexibility index (Phi) is 9.25. The van der Waals surface area contributed by atoms with Crippen LogP contribution in [0, 0.1) is 29.6 Å². The highest BCUT2D eigenvalue weighted by molar-refractivity contribution is 5.97. The molecule has 2 fully saturated rings. The third-order valence-corrected chi connectivity index (χ3v) is 12.1. The van der Waals surface area contributed by atoms with Crippen molar-refractivity contribution in [2.24, 2.45) is 17.8 Å². The number of piperidine rings is 1. The molecule has 2 aromatic carbocycles. The Morgan fingerprint density at radius 3 is 2.60 bits per heavy atom. The summed E-state index contributed by atoms with van der Waals surface area (Å²) in [4.78, 5) is 59.1. The zero-order chi connectivity index (χ0) is 37.0. The summed E-state index contributed by atoms with van der Waals surface area (Å²) in [6, 6.07) is 17.1. The van der Waals surface area contributed by atoms with Gasteiger partial charge in [0.15, 0.2) is 0 Å². The number of anilines is 1. The summed E-state index contributed by atoms with van der Waals surface area (Å²) in [7, 11) is 4.06. The highest BCUT2D eigenvalue weighted by atomic mass is 16.6. The van der Waals surface area contributed by atoms with Crippen molar-refractivity contribution in [3.63, 3.8) is 0 Å². The number of ether oxygens (including phenoxy) is 2. The fraction of sp³-hybridized carbons (Fsp3) is 0.476. The number of esters is 2. The number of carbonyl (C=O) groups excluding carboxylic acids is 3. The molecule has 3 aromatic rings. The molecule has 53 heavy (non-hydrogen) atoms. The lowest BCUT2D eigenvalue weighted by molar-refractivity contribution is -0.189. The van der Waals surface area contributed by atoms with E-state index in [1.54, 1.807) is 16.4 Å². The number of aliphatic hydroxyl groups excluding tert-OH is 1. The van der Waals surface area contributed by atoms with Crippen molar-refractivity contribution < 1.29 is 29.0 Å². The van der Waals surface area contributed by atoms with E-state index in [9.17, 15) is 24.3 Å². The van der Waals surface area contributed by atoms with E-state index in [0.717, 1.165) is 42.6 Å². The van der Waals surface area contributed by atoms with Crippen LogP contribution in [0.25, 0.3) is 0 Å². The number of carbonyl (C=O) groups is 3. The lowest BCUT2D eigenvalue weighted by atomic mass is 9.66. The van der Waals surface area contributed by atoms with Crippen molar-refractivity contribution in [1.29, 1.82) is 0 Å². The van der Waals surface area contributed by atoms with Crippen LogP contribution in [0.2, 0.25) is 0 Å². The second-order valence-corrected chi connectivity index (χ2v) is 15.5. The average molecular weight is 719 g/mol. The zero-order valence-electron chi connectivity index (χ0n) is 30.5. The first-order valence-corrected chi connectivity index (χ1v) is 18.8. The van der Waals surface area contributed by atoms with Crippen molar-refractivity contribution in [2.75, 3.05) is 25.5 Å². The maximum Gasteiger partial charge on any atom is 0.355 e. The van der Waals surface area contributed by atoms with Crippen LogP contribution in [-0.2, 0) is 49.2 Å². The minimum absolute atomic E-state index is 0.0622. The first-order chi connectivity index (χ1) is 25.6. The van der Waals surface area contributed by atoms with E-state index in [4.69, 9.17) is 9.47 Å². The number of rotatable bonds is 7. The quantitative estimate of drug-likeness (QED) is 0.277. The second-order valence-electron chi connectivity index (χ2n) is 15.5. The lowest BCUT2D eigenvalue weighted by Gasteiger charge is -2.48. The lowest BCUT2D eigenvalue weighted by Crippen LogP contribution is -2.55. The van der Waals surface area contributed by atoms with Gasteiger partial charge >= 0.3 is 11.9 Å². The summed E-state index contributed by atoms with van der Waals surface area (Å²) in [6.45, 7) is 3.15. The van der Waals surface area contributed by atoms with E-state index in [1.807, 2.05) is 68.7 Å². The third-order valence-electron chi connectivity index (χ3n) is 12.1. The van der Waals surface area contributed by atoms with Gasteiger partial charge in [0.1, 0.15) is 6.61 Å². The monoisotopic (exact) mass is 718 g/mol. The molecule has 1 aliphatic carbocycles. The van der Waals surface area contributed by atoms with Gasteiger partial charge in [-0.15, -0.1) is 0 Å². The molecule has 0 spiro atoms. The molecule has 0 bridgehead atoms. The molecule has 11 heteroatoms. The number of fused-ring (bicyclic) bond motifs is 7.